The Hall–Kier alpha value is -1.12. The summed E-state index contributed by atoms with van der Waals surface area (Å²) in [6.45, 7) is 3.99. The molecule has 1 aromatic carbocycles. The summed E-state index contributed by atoms with van der Waals surface area (Å²) in [7, 11) is 0. The van der Waals surface area contributed by atoms with E-state index in [2.05, 4.69) is 9.97 Å². The van der Waals surface area contributed by atoms with Crippen LogP contribution >= 0.6 is 23.2 Å². The molecule has 0 bridgehead atoms. The predicted octanol–water partition coefficient (Wildman–Crippen LogP) is 4.28. The van der Waals surface area contributed by atoms with Crippen molar-refractivity contribution in [2.24, 2.45) is 0 Å². The smallest absolute Gasteiger partial charge is 0.217 e. The molecule has 0 aliphatic carbocycles. The normalized spacial score (nSPS) is 11.5. The summed E-state index contributed by atoms with van der Waals surface area (Å²) in [4.78, 5) is 8.16. The highest BCUT2D eigenvalue weighted by Crippen LogP contribution is 2.27. The molecule has 0 unspecified atom stereocenters. The SMILES string of the molecule is C/C=C\c1c(C)ccc2c(Cl)nc(Cl)nc12. The maximum atomic E-state index is 6.03. The van der Waals surface area contributed by atoms with Gasteiger partial charge in [0.25, 0.3) is 0 Å². The molecule has 4 heteroatoms. The van der Waals surface area contributed by atoms with Crippen LogP contribution in [0.2, 0.25) is 10.4 Å². The topological polar surface area (TPSA) is 25.8 Å². The highest BCUT2D eigenvalue weighted by atomic mass is 35.5. The average Bonchev–Trinajstić information content (AvgIpc) is 2.22. The van der Waals surface area contributed by atoms with E-state index in [-0.39, 0.29) is 5.28 Å². The van der Waals surface area contributed by atoms with Gasteiger partial charge in [0.2, 0.25) is 5.28 Å². The molecule has 16 heavy (non-hydrogen) atoms. The minimum absolute atomic E-state index is 0.175. The molecule has 0 N–H and O–H groups in total. The van der Waals surface area contributed by atoms with E-state index in [0.717, 1.165) is 22.0 Å². The van der Waals surface area contributed by atoms with Crippen LogP contribution in [0.15, 0.2) is 18.2 Å². The Morgan fingerprint density at radius 2 is 1.94 bits per heavy atom. The van der Waals surface area contributed by atoms with E-state index in [4.69, 9.17) is 23.2 Å². The highest BCUT2D eigenvalue weighted by molar-refractivity contribution is 6.35. The van der Waals surface area contributed by atoms with Crippen molar-refractivity contribution in [1.29, 1.82) is 0 Å². The van der Waals surface area contributed by atoms with Gasteiger partial charge in [-0.1, -0.05) is 29.8 Å². The Morgan fingerprint density at radius 1 is 1.19 bits per heavy atom. The molecule has 0 saturated heterocycles. The standard InChI is InChI=1S/C12H10Cl2N2/c1-3-4-8-7(2)5-6-9-10(8)15-12(14)16-11(9)13/h3-6H,1-2H3/b4-3-. The second-order valence-corrected chi connectivity index (χ2v) is 4.17. The van der Waals surface area contributed by atoms with E-state index in [1.807, 2.05) is 38.1 Å². The average molecular weight is 253 g/mol. The summed E-state index contributed by atoms with van der Waals surface area (Å²) >= 11 is 11.8. The number of fused-ring (bicyclic) bond motifs is 1. The van der Waals surface area contributed by atoms with Crippen LogP contribution in [0, 0.1) is 6.92 Å². The first kappa shape index (κ1) is 11.4. The van der Waals surface area contributed by atoms with E-state index in [1.165, 1.54) is 0 Å². The third-order valence-corrected chi connectivity index (χ3v) is 2.84. The molecular formula is C12H10Cl2N2. The summed E-state index contributed by atoms with van der Waals surface area (Å²) < 4.78 is 0. The molecule has 0 amide bonds. The van der Waals surface area contributed by atoms with Gasteiger partial charge in [-0.25, -0.2) is 9.97 Å². The molecule has 2 nitrogen and oxygen atoms in total. The van der Waals surface area contributed by atoms with Gasteiger partial charge in [0.1, 0.15) is 5.15 Å². The van der Waals surface area contributed by atoms with Crippen molar-refractivity contribution < 1.29 is 0 Å². The van der Waals surface area contributed by atoms with E-state index in [9.17, 15) is 0 Å². The molecule has 0 saturated carbocycles. The molecule has 0 aliphatic heterocycles. The quantitative estimate of drug-likeness (QED) is 0.560. The van der Waals surface area contributed by atoms with Gasteiger partial charge in [-0.05, 0) is 37.1 Å². The van der Waals surface area contributed by atoms with Crippen LogP contribution in [0.5, 0.6) is 0 Å². The molecule has 82 valence electrons. The largest absolute Gasteiger partial charge is 0.224 e. The predicted molar refractivity (Wildman–Crippen MR) is 69.0 cm³/mol. The van der Waals surface area contributed by atoms with Gasteiger partial charge in [-0.3, -0.25) is 0 Å². The van der Waals surface area contributed by atoms with Crippen LogP contribution in [0.4, 0.5) is 0 Å². The van der Waals surface area contributed by atoms with Crippen LogP contribution in [0.25, 0.3) is 17.0 Å². The zero-order valence-electron chi connectivity index (χ0n) is 8.96. The van der Waals surface area contributed by atoms with Crippen molar-refractivity contribution in [3.05, 3.63) is 39.8 Å². The maximum absolute atomic E-state index is 6.03. The number of nitrogens with zero attached hydrogens (tertiary/aromatic N) is 2. The second kappa shape index (κ2) is 4.40. The minimum Gasteiger partial charge on any atom is -0.217 e. The fourth-order valence-corrected chi connectivity index (χ4v) is 2.08. The number of hydrogen-bond acceptors (Lipinski definition) is 2. The van der Waals surface area contributed by atoms with Crippen molar-refractivity contribution in [3.8, 4) is 0 Å². The highest BCUT2D eigenvalue weighted by Gasteiger charge is 2.09. The van der Waals surface area contributed by atoms with E-state index in [1.54, 1.807) is 0 Å². The van der Waals surface area contributed by atoms with E-state index in [0.29, 0.717) is 5.15 Å². The molecule has 0 aliphatic rings. The number of allylic oxidation sites excluding steroid dienone is 1. The van der Waals surface area contributed by atoms with Crippen molar-refractivity contribution >= 4 is 40.2 Å². The van der Waals surface area contributed by atoms with Crippen LogP contribution in [0.3, 0.4) is 0 Å². The zero-order chi connectivity index (χ0) is 11.7. The van der Waals surface area contributed by atoms with Gasteiger partial charge < -0.3 is 0 Å². The van der Waals surface area contributed by atoms with Gasteiger partial charge in [-0.2, -0.15) is 0 Å². The van der Waals surface area contributed by atoms with E-state index >= 15 is 0 Å². The fraction of sp³-hybridized carbons (Fsp3) is 0.167. The summed E-state index contributed by atoms with van der Waals surface area (Å²) in [5.41, 5.74) is 2.96. The third kappa shape index (κ3) is 1.91. The van der Waals surface area contributed by atoms with Gasteiger partial charge in [0.15, 0.2) is 0 Å². The Labute approximate surface area is 104 Å². The Morgan fingerprint density at radius 3 is 2.62 bits per heavy atom. The van der Waals surface area contributed by atoms with Crippen molar-refractivity contribution in [3.63, 3.8) is 0 Å². The molecule has 0 spiro atoms. The first-order chi connectivity index (χ1) is 7.63. The maximum Gasteiger partial charge on any atom is 0.224 e. The third-order valence-electron chi connectivity index (χ3n) is 2.39. The number of aromatic nitrogens is 2. The van der Waals surface area contributed by atoms with Crippen molar-refractivity contribution in [2.45, 2.75) is 13.8 Å². The van der Waals surface area contributed by atoms with Crippen LogP contribution < -0.4 is 0 Å². The first-order valence-electron chi connectivity index (χ1n) is 4.88. The lowest BCUT2D eigenvalue weighted by Gasteiger charge is -2.06. The van der Waals surface area contributed by atoms with Crippen LogP contribution in [0.1, 0.15) is 18.1 Å². The molecular weight excluding hydrogens is 243 g/mol. The summed E-state index contributed by atoms with van der Waals surface area (Å²) in [5, 5.41) is 1.39. The molecule has 2 rings (SSSR count). The molecule has 0 radical (unpaired) electrons. The summed E-state index contributed by atoms with van der Waals surface area (Å²) in [6.07, 6.45) is 3.96. The van der Waals surface area contributed by atoms with Crippen molar-refractivity contribution in [2.75, 3.05) is 0 Å². The Bertz CT molecular complexity index is 577. The summed E-state index contributed by atoms with van der Waals surface area (Å²) in [6, 6.07) is 3.91. The molecule has 0 atom stereocenters. The first-order valence-corrected chi connectivity index (χ1v) is 5.64. The Balaban J connectivity index is 2.91. The monoisotopic (exact) mass is 252 g/mol. The molecule has 2 aromatic rings. The fourth-order valence-electron chi connectivity index (χ4n) is 1.63. The van der Waals surface area contributed by atoms with Gasteiger partial charge in [0.05, 0.1) is 5.52 Å². The lowest BCUT2D eigenvalue weighted by atomic mass is 10.0. The number of aryl methyl sites for hydroxylation is 1. The van der Waals surface area contributed by atoms with Gasteiger partial charge in [0, 0.05) is 10.9 Å². The second-order valence-electron chi connectivity index (χ2n) is 3.48. The zero-order valence-corrected chi connectivity index (χ0v) is 10.5. The minimum atomic E-state index is 0.175. The van der Waals surface area contributed by atoms with Gasteiger partial charge >= 0.3 is 0 Å². The molecule has 1 heterocycles. The molecule has 1 aromatic heterocycles. The van der Waals surface area contributed by atoms with Crippen LogP contribution in [-0.4, -0.2) is 9.97 Å². The number of benzene rings is 1. The molecule has 0 fully saturated rings. The van der Waals surface area contributed by atoms with Gasteiger partial charge in [-0.15, -0.1) is 0 Å². The summed E-state index contributed by atoms with van der Waals surface area (Å²) in [5.74, 6) is 0. The Kier molecular flexibility index (Phi) is 3.13. The number of halogens is 2. The lowest BCUT2D eigenvalue weighted by Crippen LogP contribution is -1.91. The van der Waals surface area contributed by atoms with Crippen LogP contribution in [-0.2, 0) is 0 Å². The lowest BCUT2D eigenvalue weighted by molar-refractivity contribution is 1.21. The van der Waals surface area contributed by atoms with Crippen molar-refractivity contribution in [1.82, 2.24) is 9.97 Å². The van der Waals surface area contributed by atoms with E-state index < -0.39 is 0 Å². The number of hydrogen-bond donors (Lipinski definition) is 0. The number of rotatable bonds is 1.